The van der Waals surface area contributed by atoms with Crippen molar-refractivity contribution in [2.75, 3.05) is 11.9 Å². The summed E-state index contributed by atoms with van der Waals surface area (Å²) in [5.74, 6) is 0.889. The summed E-state index contributed by atoms with van der Waals surface area (Å²) < 4.78 is 31.2. The van der Waals surface area contributed by atoms with Crippen molar-refractivity contribution in [2.24, 2.45) is 0 Å². The Labute approximate surface area is 116 Å². The van der Waals surface area contributed by atoms with Gasteiger partial charge in [-0.25, -0.2) is 9.97 Å². The van der Waals surface area contributed by atoms with Gasteiger partial charge < -0.3 is 10.3 Å². The Hall–Kier alpha value is -2.00. The van der Waals surface area contributed by atoms with Crippen LogP contribution in [0.1, 0.15) is 19.2 Å². The van der Waals surface area contributed by atoms with Crippen LogP contribution in [0.2, 0.25) is 0 Å². The fraction of sp³-hybridized carbons (Fsp3) is 0.364. The smallest absolute Gasteiger partial charge is 0.328 e. The van der Waals surface area contributed by atoms with Crippen molar-refractivity contribution in [3.8, 4) is 0 Å². The maximum Gasteiger partial charge on any atom is 0.328 e. The highest BCUT2D eigenvalue weighted by Crippen LogP contribution is 2.20. The Balaban J connectivity index is 2.43. The lowest BCUT2D eigenvalue weighted by Gasteiger charge is -2.06. The molecule has 0 aromatic carbocycles. The normalized spacial score (nSPS) is 11.8. The predicted molar refractivity (Wildman–Crippen MR) is 74.2 cm³/mol. The number of imidazole rings is 1. The summed E-state index contributed by atoms with van der Waals surface area (Å²) in [7, 11) is -4.40. The van der Waals surface area contributed by atoms with E-state index in [-0.39, 0.29) is 5.65 Å². The van der Waals surface area contributed by atoms with E-state index in [9.17, 15) is 8.42 Å². The molecule has 2 aromatic heterocycles. The number of aromatic amines is 1. The predicted octanol–water partition coefficient (Wildman–Crippen LogP) is 1.29. The van der Waals surface area contributed by atoms with Crippen molar-refractivity contribution in [3.05, 3.63) is 18.0 Å². The summed E-state index contributed by atoms with van der Waals surface area (Å²) in [4.78, 5) is 14.5. The van der Waals surface area contributed by atoms with Crippen molar-refractivity contribution in [1.29, 1.82) is 0 Å². The molecule has 0 aliphatic heterocycles. The molecule has 108 valence electrons. The summed E-state index contributed by atoms with van der Waals surface area (Å²) in [6.07, 6.45) is 0.754. The lowest BCUT2D eigenvalue weighted by molar-refractivity contribution is 0.476. The number of hydrogen-bond acceptors (Lipinski definition) is 6. The van der Waals surface area contributed by atoms with Crippen LogP contribution >= 0.6 is 0 Å². The summed E-state index contributed by atoms with van der Waals surface area (Å²) in [6, 6.07) is 0. The van der Waals surface area contributed by atoms with Gasteiger partial charge in [0.2, 0.25) is 0 Å². The van der Waals surface area contributed by atoms with Crippen LogP contribution in [0.15, 0.2) is 17.3 Å². The summed E-state index contributed by atoms with van der Waals surface area (Å²) in [5.41, 5.74) is 1.54. The van der Waals surface area contributed by atoms with Crippen LogP contribution < -0.4 is 5.32 Å². The monoisotopic (exact) mass is 297 g/mol. The van der Waals surface area contributed by atoms with Gasteiger partial charge in [-0.1, -0.05) is 5.57 Å². The zero-order valence-corrected chi connectivity index (χ0v) is 12.0. The topological polar surface area (TPSA) is 121 Å². The van der Waals surface area contributed by atoms with Crippen LogP contribution in [-0.4, -0.2) is 39.5 Å². The van der Waals surface area contributed by atoms with Gasteiger partial charge in [0, 0.05) is 6.54 Å². The number of nitrogens with zero attached hydrogens (tertiary/aromatic N) is 3. The Bertz CT molecular complexity index is 766. The first-order valence-electron chi connectivity index (χ1n) is 5.87. The zero-order valence-electron chi connectivity index (χ0n) is 11.1. The van der Waals surface area contributed by atoms with E-state index >= 15 is 0 Å². The maximum absolute atomic E-state index is 11.1. The average molecular weight is 297 g/mol. The molecule has 0 saturated heterocycles. The summed E-state index contributed by atoms with van der Waals surface area (Å²) in [5, 5.41) is 2.52. The third-order valence-corrected chi connectivity index (χ3v) is 3.21. The number of anilines is 1. The highest BCUT2D eigenvalue weighted by Gasteiger charge is 2.18. The van der Waals surface area contributed by atoms with Gasteiger partial charge in [0.1, 0.15) is 11.3 Å². The molecule has 0 spiro atoms. The quantitative estimate of drug-likeness (QED) is 0.561. The van der Waals surface area contributed by atoms with Crippen molar-refractivity contribution in [3.63, 3.8) is 0 Å². The molecule has 2 heterocycles. The van der Waals surface area contributed by atoms with E-state index in [0.717, 1.165) is 12.0 Å². The molecule has 0 fully saturated rings. The van der Waals surface area contributed by atoms with Crippen molar-refractivity contribution in [2.45, 2.75) is 25.4 Å². The Morgan fingerprint density at radius 3 is 2.70 bits per heavy atom. The number of aromatic nitrogens is 4. The average Bonchev–Trinajstić information content (AvgIpc) is 2.71. The maximum atomic E-state index is 11.1. The largest absolute Gasteiger partial charge is 0.368 e. The Morgan fingerprint density at radius 1 is 1.40 bits per heavy atom. The van der Waals surface area contributed by atoms with Gasteiger partial charge in [-0.15, -0.1) is 6.58 Å². The Kier molecular flexibility index (Phi) is 3.73. The number of rotatable bonds is 5. The third kappa shape index (κ3) is 3.11. The number of H-pyrrole nitrogens is 1. The van der Waals surface area contributed by atoms with E-state index in [1.165, 1.54) is 0 Å². The van der Waals surface area contributed by atoms with E-state index in [1.54, 1.807) is 6.92 Å². The Morgan fingerprint density at radius 2 is 2.10 bits per heavy atom. The first kappa shape index (κ1) is 14.4. The van der Waals surface area contributed by atoms with Crippen LogP contribution in [-0.2, 0) is 10.1 Å². The van der Waals surface area contributed by atoms with Crippen LogP contribution in [0.3, 0.4) is 0 Å². The molecule has 0 radical (unpaired) electrons. The van der Waals surface area contributed by atoms with Gasteiger partial charge >= 0.3 is 10.1 Å². The minimum Gasteiger partial charge on any atom is -0.368 e. The van der Waals surface area contributed by atoms with Crippen LogP contribution in [0.4, 0.5) is 5.82 Å². The molecule has 3 N–H and O–H groups in total. The SMILES string of the molecule is C=C(C)CCNc1nc(C)nc2nc(S(=O)(=O)O)[nH]c12. The molecule has 9 heteroatoms. The van der Waals surface area contributed by atoms with E-state index in [2.05, 4.69) is 31.8 Å². The second-order valence-corrected chi connectivity index (χ2v) is 5.81. The van der Waals surface area contributed by atoms with Crippen LogP contribution in [0.25, 0.3) is 11.2 Å². The molecule has 0 aliphatic rings. The van der Waals surface area contributed by atoms with E-state index < -0.39 is 15.3 Å². The van der Waals surface area contributed by atoms with Gasteiger partial charge in [0.05, 0.1) is 0 Å². The molecule has 8 nitrogen and oxygen atoms in total. The van der Waals surface area contributed by atoms with Gasteiger partial charge in [0.25, 0.3) is 5.16 Å². The number of fused-ring (bicyclic) bond motifs is 1. The first-order valence-corrected chi connectivity index (χ1v) is 7.31. The van der Waals surface area contributed by atoms with Gasteiger partial charge in [-0.05, 0) is 20.3 Å². The van der Waals surface area contributed by atoms with Crippen molar-refractivity contribution >= 4 is 27.1 Å². The van der Waals surface area contributed by atoms with Crippen LogP contribution in [0.5, 0.6) is 0 Å². The standard InChI is InChI=1S/C11H15N5O3S/c1-6(2)4-5-12-9-8-10(14-7(3)13-9)16-11(15-8)20(17,18)19/h1,4-5H2,2-3H3,(H,17,18,19)(H2,12,13,14,15,16). The highest BCUT2D eigenvalue weighted by atomic mass is 32.2. The highest BCUT2D eigenvalue weighted by molar-refractivity contribution is 7.85. The molecular weight excluding hydrogens is 282 g/mol. The fourth-order valence-electron chi connectivity index (χ4n) is 1.63. The third-order valence-electron chi connectivity index (χ3n) is 2.53. The number of nitrogens with one attached hydrogen (secondary N) is 2. The van der Waals surface area contributed by atoms with E-state index in [0.29, 0.717) is 23.7 Å². The van der Waals surface area contributed by atoms with Gasteiger partial charge in [-0.3, -0.25) is 4.55 Å². The zero-order chi connectivity index (χ0) is 14.9. The van der Waals surface area contributed by atoms with E-state index in [4.69, 9.17) is 4.55 Å². The van der Waals surface area contributed by atoms with Crippen molar-refractivity contribution < 1.29 is 13.0 Å². The molecule has 2 rings (SSSR count). The minimum atomic E-state index is -4.40. The summed E-state index contributed by atoms with van der Waals surface area (Å²) in [6.45, 7) is 7.98. The van der Waals surface area contributed by atoms with Gasteiger partial charge in [0.15, 0.2) is 11.5 Å². The molecule has 2 aromatic rings. The second-order valence-electron chi connectivity index (χ2n) is 4.47. The molecule has 0 bridgehead atoms. The first-order chi connectivity index (χ1) is 9.27. The second kappa shape index (κ2) is 5.17. The molecule has 20 heavy (non-hydrogen) atoms. The molecule has 0 atom stereocenters. The molecule has 0 saturated carbocycles. The lowest BCUT2D eigenvalue weighted by atomic mass is 10.2. The van der Waals surface area contributed by atoms with Crippen molar-refractivity contribution in [1.82, 2.24) is 19.9 Å². The van der Waals surface area contributed by atoms with Crippen LogP contribution in [0, 0.1) is 6.92 Å². The van der Waals surface area contributed by atoms with E-state index in [1.807, 2.05) is 6.92 Å². The number of aryl methyl sites for hydroxylation is 1. The molecule has 0 amide bonds. The number of hydrogen-bond donors (Lipinski definition) is 3. The molecule has 0 aliphatic carbocycles. The fourth-order valence-corrected chi connectivity index (χ4v) is 2.06. The van der Waals surface area contributed by atoms with Gasteiger partial charge in [-0.2, -0.15) is 13.4 Å². The minimum absolute atomic E-state index is 0.183. The lowest BCUT2D eigenvalue weighted by Crippen LogP contribution is -2.06. The molecular formula is C11H15N5O3S. The summed E-state index contributed by atoms with van der Waals surface area (Å²) >= 11 is 0. The molecule has 0 unspecified atom stereocenters.